The highest BCUT2D eigenvalue weighted by atomic mass is 32.2. The van der Waals surface area contributed by atoms with Gasteiger partial charge in [0.2, 0.25) is 0 Å². The summed E-state index contributed by atoms with van der Waals surface area (Å²) in [5.41, 5.74) is 5.09. The fourth-order valence-corrected chi connectivity index (χ4v) is 2.70. The van der Waals surface area contributed by atoms with Gasteiger partial charge < -0.3 is 5.73 Å². The van der Waals surface area contributed by atoms with Crippen molar-refractivity contribution < 1.29 is 17.2 Å². The first kappa shape index (κ1) is 13.3. The molecule has 0 aromatic heterocycles. The van der Waals surface area contributed by atoms with E-state index in [1.165, 1.54) is 24.3 Å². The summed E-state index contributed by atoms with van der Waals surface area (Å²) in [6, 6.07) is 8.93. The lowest BCUT2D eigenvalue weighted by Crippen LogP contribution is -2.15. The maximum absolute atomic E-state index is 13.4. The summed E-state index contributed by atoms with van der Waals surface area (Å²) < 4.78 is 52.4. The van der Waals surface area contributed by atoms with Gasteiger partial charge in [0.1, 0.15) is 4.90 Å². The third kappa shape index (κ3) is 2.65. The molecule has 3 N–H and O–H groups in total. The van der Waals surface area contributed by atoms with Gasteiger partial charge in [-0.2, -0.15) is 0 Å². The molecule has 0 radical (unpaired) electrons. The van der Waals surface area contributed by atoms with E-state index in [4.69, 9.17) is 5.73 Å². The van der Waals surface area contributed by atoms with Gasteiger partial charge in [0.05, 0.1) is 11.4 Å². The molecule has 0 heterocycles. The van der Waals surface area contributed by atoms with E-state index < -0.39 is 27.3 Å². The van der Waals surface area contributed by atoms with Crippen LogP contribution in [0.3, 0.4) is 0 Å². The molecule has 0 aliphatic heterocycles. The third-order valence-corrected chi connectivity index (χ3v) is 3.84. The quantitative estimate of drug-likeness (QED) is 0.850. The molecule has 0 atom stereocenters. The maximum Gasteiger partial charge on any atom is 0.264 e. The number of sulfonamides is 1. The second-order valence-electron chi connectivity index (χ2n) is 3.74. The zero-order valence-corrected chi connectivity index (χ0v) is 10.4. The van der Waals surface area contributed by atoms with E-state index in [9.17, 15) is 17.2 Å². The lowest BCUT2D eigenvalue weighted by Gasteiger charge is -2.10. The highest BCUT2D eigenvalue weighted by Gasteiger charge is 2.19. The van der Waals surface area contributed by atoms with Crippen molar-refractivity contribution in [1.82, 2.24) is 0 Å². The van der Waals surface area contributed by atoms with Gasteiger partial charge in [0.25, 0.3) is 10.0 Å². The monoisotopic (exact) mass is 284 g/mol. The van der Waals surface area contributed by atoms with Crippen LogP contribution in [0.1, 0.15) is 0 Å². The number of hydrogen-bond donors (Lipinski definition) is 2. The van der Waals surface area contributed by atoms with Crippen molar-refractivity contribution in [2.24, 2.45) is 0 Å². The molecule has 19 heavy (non-hydrogen) atoms. The Hall–Kier alpha value is -2.15. The molecule has 7 heteroatoms. The number of nitrogen functional groups attached to an aromatic ring is 1. The van der Waals surface area contributed by atoms with E-state index in [-0.39, 0.29) is 10.6 Å². The van der Waals surface area contributed by atoms with Gasteiger partial charge in [-0.05, 0) is 24.3 Å². The molecular weight excluding hydrogens is 274 g/mol. The zero-order valence-electron chi connectivity index (χ0n) is 9.60. The van der Waals surface area contributed by atoms with Crippen LogP contribution in [0.4, 0.5) is 20.2 Å². The lowest BCUT2D eigenvalue weighted by atomic mass is 10.3. The van der Waals surface area contributed by atoms with E-state index >= 15 is 0 Å². The molecule has 0 amide bonds. The molecule has 2 aromatic carbocycles. The van der Waals surface area contributed by atoms with Crippen molar-refractivity contribution >= 4 is 21.4 Å². The molecule has 0 saturated heterocycles. The van der Waals surface area contributed by atoms with Gasteiger partial charge in [-0.3, -0.25) is 4.72 Å². The van der Waals surface area contributed by atoms with Crippen LogP contribution in [0.5, 0.6) is 0 Å². The molecule has 2 aromatic rings. The van der Waals surface area contributed by atoms with E-state index in [1.54, 1.807) is 6.07 Å². The molecule has 0 fully saturated rings. The Bertz CT molecular complexity index is 717. The summed E-state index contributed by atoms with van der Waals surface area (Å²) in [6.45, 7) is 0. The smallest absolute Gasteiger partial charge is 0.264 e. The van der Waals surface area contributed by atoms with Crippen molar-refractivity contribution in [3.05, 3.63) is 54.1 Å². The molecule has 2 rings (SSSR count). The zero-order chi connectivity index (χ0) is 14.0. The fourth-order valence-electron chi connectivity index (χ4n) is 1.51. The average Bonchev–Trinajstić information content (AvgIpc) is 2.35. The summed E-state index contributed by atoms with van der Waals surface area (Å²) in [4.78, 5) is -0.196. The van der Waals surface area contributed by atoms with Crippen LogP contribution in [-0.2, 0) is 10.0 Å². The predicted molar refractivity (Wildman–Crippen MR) is 68.0 cm³/mol. The maximum atomic E-state index is 13.4. The summed E-state index contributed by atoms with van der Waals surface area (Å²) in [7, 11) is -4.06. The number of nitrogens with one attached hydrogen (secondary N) is 1. The van der Waals surface area contributed by atoms with Crippen molar-refractivity contribution in [1.29, 1.82) is 0 Å². The molecule has 100 valence electrons. The minimum Gasteiger partial charge on any atom is -0.398 e. The van der Waals surface area contributed by atoms with Crippen LogP contribution in [0.25, 0.3) is 0 Å². The second-order valence-corrected chi connectivity index (χ2v) is 5.40. The summed E-state index contributed by atoms with van der Waals surface area (Å²) in [5.74, 6) is -2.40. The number of hydrogen-bond acceptors (Lipinski definition) is 3. The molecule has 0 unspecified atom stereocenters. The lowest BCUT2D eigenvalue weighted by molar-refractivity contribution is 0.511. The van der Waals surface area contributed by atoms with Crippen LogP contribution in [0.15, 0.2) is 47.4 Å². The minimum absolute atomic E-state index is 0.0202. The minimum atomic E-state index is -4.06. The Labute approximate surface area is 108 Å². The summed E-state index contributed by atoms with van der Waals surface area (Å²) in [5, 5.41) is 0. The van der Waals surface area contributed by atoms with E-state index in [2.05, 4.69) is 0 Å². The summed E-state index contributed by atoms with van der Waals surface area (Å²) in [6.07, 6.45) is 0. The molecule has 0 spiro atoms. The van der Waals surface area contributed by atoms with Gasteiger partial charge in [-0.15, -0.1) is 0 Å². The highest BCUT2D eigenvalue weighted by molar-refractivity contribution is 7.92. The van der Waals surface area contributed by atoms with Crippen LogP contribution in [0.2, 0.25) is 0 Å². The first-order valence-corrected chi connectivity index (χ1v) is 6.71. The average molecular weight is 284 g/mol. The number of halogens is 2. The normalized spacial score (nSPS) is 11.3. The molecule has 0 saturated carbocycles. The Morgan fingerprint density at radius 2 is 1.68 bits per heavy atom. The van der Waals surface area contributed by atoms with E-state index in [1.807, 2.05) is 4.72 Å². The van der Waals surface area contributed by atoms with Crippen LogP contribution >= 0.6 is 0 Å². The molecule has 4 nitrogen and oxygen atoms in total. The highest BCUT2D eigenvalue weighted by Crippen LogP contribution is 2.23. The Morgan fingerprint density at radius 3 is 2.37 bits per heavy atom. The number of rotatable bonds is 3. The second kappa shape index (κ2) is 4.85. The first-order valence-electron chi connectivity index (χ1n) is 5.23. The van der Waals surface area contributed by atoms with Crippen LogP contribution in [-0.4, -0.2) is 8.42 Å². The number of para-hydroxylation sites is 1. The third-order valence-electron chi connectivity index (χ3n) is 2.40. The summed E-state index contributed by atoms with van der Waals surface area (Å²) >= 11 is 0. The number of anilines is 2. The van der Waals surface area contributed by atoms with Crippen LogP contribution < -0.4 is 10.5 Å². The number of nitrogens with two attached hydrogens (primary N) is 1. The van der Waals surface area contributed by atoms with Gasteiger partial charge in [0, 0.05) is 0 Å². The van der Waals surface area contributed by atoms with Gasteiger partial charge >= 0.3 is 0 Å². The van der Waals surface area contributed by atoms with Gasteiger partial charge in [-0.1, -0.05) is 18.2 Å². The van der Waals surface area contributed by atoms with Crippen molar-refractivity contribution in [2.75, 3.05) is 10.5 Å². The largest absolute Gasteiger partial charge is 0.398 e. The standard InChI is InChI=1S/C12H10F2N2O2S/c13-8-4-3-6-10(12(8)14)16-19(17,18)11-7-2-1-5-9(11)15/h1-7,16H,15H2. The van der Waals surface area contributed by atoms with E-state index in [0.717, 1.165) is 12.1 Å². The van der Waals surface area contributed by atoms with E-state index in [0.29, 0.717) is 0 Å². The molecular formula is C12H10F2N2O2S. The van der Waals surface area contributed by atoms with Gasteiger partial charge in [0.15, 0.2) is 11.6 Å². The molecule has 0 aliphatic rings. The Kier molecular flexibility index (Phi) is 3.39. The Morgan fingerprint density at radius 1 is 1.00 bits per heavy atom. The Balaban J connectivity index is 2.43. The topological polar surface area (TPSA) is 72.2 Å². The first-order chi connectivity index (χ1) is 8.92. The van der Waals surface area contributed by atoms with Crippen molar-refractivity contribution in [3.8, 4) is 0 Å². The van der Waals surface area contributed by atoms with Crippen molar-refractivity contribution in [3.63, 3.8) is 0 Å². The molecule has 0 bridgehead atoms. The SMILES string of the molecule is Nc1ccccc1S(=O)(=O)Nc1cccc(F)c1F. The van der Waals surface area contributed by atoms with Crippen LogP contribution in [0, 0.1) is 11.6 Å². The predicted octanol–water partition coefficient (Wildman–Crippen LogP) is 2.35. The number of benzene rings is 2. The van der Waals surface area contributed by atoms with Gasteiger partial charge in [-0.25, -0.2) is 17.2 Å². The van der Waals surface area contributed by atoms with Crippen molar-refractivity contribution in [2.45, 2.75) is 4.90 Å². The molecule has 0 aliphatic carbocycles. The fraction of sp³-hybridized carbons (Fsp3) is 0.